The maximum Gasteiger partial charge on any atom is 0.229 e. The molecule has 1 unspecified atom stereocenters. The Kier molecular flexibility index (Phi) is 4.58. The lowest BCUT2D eigenvalue weighted by molar-refractivity contribution is -0.140. The Morgan fingerprint density at radius 3 is 2.33 bits per heavy atom. The molecule has 88 valence electrons. The van der Waals surface area contributed by atoms with Gasteiger partial charge in [0.25, 0.3) is 0 Å². The summed E-state index contributed by atoms with van der Waals surface area (Å²) < 4.78 is 0. The molecule has 3 heteroatoms. The summed E-state index contributed by atoms with van der Waals surface area (Å²) in [4.78, 5) is 14.4. The van der Waals surface area contributed by atoms with E-state index in [4.69, 9.17) is 0 Å². The second-order valence-corrected chi connectivity index (χ2v) is 4.78. The molecule has 1 heterocycles. The van der Waals surface area contributed by atoms with Gasteiger partial charge in [-0.25, -0.2) is 0 Å². The van der Waals surface area contributed by atoms with Gasteiger partial charge in [0.2, 0.25) is 5.91 Å². The highest BCUT2D eigenvalue weighted by molar-refractivity contribution is 5.83. The van der Waals surface area contributed by atoms with Crippen molar-refractivity contribution in [3.63, 3.8) is 0 Å². The molecule has 1 atom stereocenters. The van der Waals surface area contributed by atoms with Crippen molar-refractivity contribution < 1.29 is 4.79 Å². The summed E-state index contributed by atoms with van der Waals surface area (Å²) in [6, 6.07) is 0. The molecule has 1 amide bonds. The van der Waals surface area contributed by atoms with Crippen molar-refractivity contribution in [2.24, 2.45) is 5.41 Å². The van der Waals surface area contributed by atoms with Gasteiger partial charge in [0.05, 0.1) is 5.41 Å². The Hall–Kier alpha value is -0.570. The van der Waals surface area contributed by atoms with Crippen LogP contribution < -0.4 is 5.32 Å². The van der Waals surface area contributed by atoms with Crippen LogP contribution >= 0.6 is 0 Å². The van der Waals surface area contributed by atoms with E-state index in [2.05, 4.69) is 26.1 Å². The van der Waals surface area contributed by atoms with Crippen LogP contribution in [-0.2, 0) is 4.79 Å². The summed E-state index contributed by atoms with van der Waals surface area (Å²) in [6.07, 6.45) is 3.08. The summed E-state index contributed by atoms with van der Waals surface area (Å²) >= 11 is 0. The number of carbonyl (C=O) groups excluding carboxylic acids is 1. The highest BCUT2D eigenvalue weighted by Crippen LogP contribution is 2.27. The van der Waals surface area contributed by atoms with Crippen molar-refractivity contribution in [2.75, 3.05) is 26.2 Å². The van der Waals surface area contributed by atoms with E-state index in [1.807, 2.05) is 4.90 Å². The van der Waals surface area contributed by atoms with Crippen LogP contribution in [0, 0.1) is 5.41 Å². The van der Waals surface area contributed by atoms with Gasteiger partial charge in [0, 0.05) is 19.6 Å². The Labute approximate surface area is 93.2 Å². The van der Waals surface area contributed by atoms with Gasteiger partial charge >= 0.3 is 0 Å². The minimum atomic E-state index is -0.148. The SMILES string of the molecule is CCCN(CCC)C(=O)C1(C)CCNC1. The number of amides is 1. The lowest BCUT2D eigenvalue weighted by Crippen LogP contribution is -2.44. The molecule has 1 N–H and O–H groups in total. The van der Waals surface area contributed by atoms with E-state index in [9.17, 15) is 4.79 Å². The van der Waals surface area contributed by atoms with Crippen LogP contribution in [0.2, 0.25) is 0 Å². The molecule has 1 fully saturated rings. The third kappa shape index (κ3) is 2.94. The third-order valence-corrected chi connectivity index (χ3v) is 3.16. The van der Waals surface area contributed by atoms with Crippen LogP contribution in [0.5, 0.6) is 0 Å². The first-order chi connectivity index (χ1) is 7.14. The smallest absolute Gasteiger partial charge is 0.229 e. The average Bonchev–Trinajstić information content (AvgIpc) is 2.65. The number of nitrogens with zero attached hydrogens (tertiary/aromatic N) is 1. The zero-order valence-electron chi connectivity index (χ0n) is 10.3. The second-order valence-electron chi connectivity index (χ2n) is 4.78. The molecule has 3 nitrogen and oxygen atoms in total. The van der Waals surface area contributed by atoms with E-state index in [1.54, 1.807) is 0 Å². The molecule has 1 rings (SSSR count). The van der Waals surface area contributed by atoms with Gasteiger partial charge in [0.1, 0.15) is 0 Å². The Morgan fingerprint density at radius 2 is 1.93 bits per heavy atom. The first-order valence-electron chi connectivity index (χ1n) is 6.14. The Bertz CT molecular complexity index is 204. The summed E-state index contributed by atoms with van der Waals surface area (Å²) in [5, 5.41) is 3.29. The first-order valence-corrected chi connectivity index (χ1v) is 6.14. The lowest BCUT2D eigenvalue weighted by Gasteiger charge is -2.30. The maximum absolute atomic E-state index is 12.3. The first kappa shape index (κ1) is 12.5. The number of rotatable bonds is 5. The van der Waals surface area contributed by atoms with Gasteiger partial charge in [-0.15, -0.1) is 0 Å². The van der Waals surface area contributed by atoms with Crippen LogP contribution in [0.1, 0.15) is 40.0 Å². The quantitative estimate of drug-likeness (QED) is 0.751. The number of hydrogen-bond acceptors (Lipinski definition) is 2. The topological polar surface area (TPSA) is 32.3 Å². The third-order valence-electron chi connectivity index (χ3n) is 3.16. The van der Waals surface area contributed by atoms with Gasteiger partial charge in [0.15, 0.2) is 0 Å². The molecule has 0 bridgehead atoms. The van der Waals surface area contributed by atoms with Crippen LogP contribution in [0.15, 0.2) is 0 Å². The minimum Gasteiger partial charge on any atom is -0.342 e. The molecule has 0 saturated carbocycles. The number of nitrogens with one attached hydrogen (secondary N) is 1. The van der Waals surface area contributed by atoms with Crippen LogP contribution in [-0.4, -0.2) is 37.0 Å². The molecule has 1 aliphatic heterocycles. The molecule has 15 heavy (non-hydrogen) atoms. The van der Waals surface area contributed by atoms with Crippen molar-refractivity contribution >= 4 is 5.91 Å². The predicted octanol–water partition coefficient (Wildman–Crippen LogP) is 1.63. The van der Waals surface area contributed by atoms with Crippen LogP contribution in [0.3, 0.4) is 0 Å². The summed E-state index contributed by atoms with van der Waals surface area (Å²) in [5.74, 6) is 0.344. The fraction of sp³-hybridized carbons (Fsp3) is 0.917. The van der Waals surface area contributed by atoms with Crippen molar-refractivity contribution in [2.45, 2.75) is 40.0 Å². The van der Waals surface area contributed by atoms with Crippen molar-refractivity contribution in [3.8, 4) is 0 Å². The summed E-state index contributed by atoms with van der Waals surface area (Å²) in [5.41, 5.74) is -0.148. The van der Waals surface area contributed by atoms with Gasteiger partial charge in [-0.2, -0.15) is 0 Å². The highest BCUT2D eigenvalue weighted by Gasteiger charge is 2.38. The molecule has 1 saturated heterocycles. The monoisotopic (exact) mass is 212 g/mol. The Balaban J connectivity index is 2.61. The molecule has 0 aromatic carbocycles. The Morgan fingerprint density at radius 1 is 1.33 bits per heavy atom. The van der Waals surface area contributed by atoms with Crippen LogP contribution in [0.25, 0.3) is 0 Å². The second kappa shape index (κ2) is 5.50. The predicted molar refractivity (Wildman–Crippen MR) is 62.8 cm³/mol. The summed E-state index contributed by atoms with van der Waals surface area (Å²) in [7, 11) is 0. The molecule has 0 spiro atoms. The van der Waals surface area contributed by atoms with E-state index >= 15 is 0 Å². The number of hydrogen-bond donors (Lipinski definition) is 1. The van der Waals surface area contributed by atoms with Gasteiger partial charge in [-0.1, -0.05) is 13.8 Å². The largest absolute Gasteiger partial charge is 0.342 e. The fourth-order valence-corrected chi connectivity index (χ4v) is 2.24. The van der Waals surface area contributed by atoms with Gasteiger partial charge in [-0.3, -0.25) is 4.79 Å². The normalized spacial score (nSPS) is 25.5. The standard InChI is InChI=1S/C12H24N2O/c1-4-8-14(9-5-2)11(15)12(3)6-7-13-10-12/h13H,4-10H2,1-3H3. The van der Waals surface area contributed by atoms with Crippen LogP contribution in [0.4, 0.5) is 0 Å². The molecular weight excluding hydrogens is 188 g/mol. The molecule has 0 aromatic heterocycles. The molecule has 1 aliphatic rings. The molecule has 0 radical (unpaired) electrons. The fourth-order valence-electron chi connectivity index (χ4n) is 2.24. The van der Waals surface area contributed by atoms with Crippen molar-refractivity contribution in [1.82, 2.24) is 10.2 Å². The number of carbonyl (C=O) groups is 1. The molecular formula is C12H24N2O. The van der Waals surface area contributed by atoms with E-state index in [1.165, 1.54) is 0 Å². The molecule has 0 aliphatic carbocycles. The average molecular weight is 212 g/mol. The lowest BCUT2D eigenvalue weighted by atomic mass is 9.88. The summed E-state index contributed by atoms with van der Waals surface area (Å²) in [6.45, 7) is 9.98. The van der Waals surface area contributed by atoms with E-state index < -0.39 is 0 Å². The molecule has 0 aromatic rings. The van der Waals surface area contributed by atoms with Gasteiger partial charge < -0.3 is 10.2 Å². The van der Waals surface area contributed by atoms with E-state index in [-0.39, 0.29) is 5.41 Å². The van der Waals surface area contributed by atoms with Gasteiger partial charge in [-0.05, 0) is 32.7 Å². The minimum absolute atomic E-state index is 0.148. The van der Waals surface area contributed by atoms with E-state index in [0.717, 1.165) is 45.4 Å². The van der Waals surface area contributed by atoms with E-state index in [0.29, 0.717) is 5.91 Å². The zero-order valence-corrected chi connectivity index (χ0v) is 10.3. The highest BCUT2D eigenvalue weighted by atomic mass is 16.2. The van der Waals surface area contributed by atoms with Crippen molar-refractivity contribution in [3.05, 3.63) is 0 Å². The maximum atomic E-state index is 12.3. The van der Waals surface area contributed by atoms with Crippen molar-refractivity contribution in [1.29, 1.82) is 0 Å². The zero-order chi connectivity index (χ0) is 11.3.